The van der Waals surface area contributed by atoms with Crippen molar-refractivity contribution in [2.45, 2.75) is 26.6 Å². The van der Waals surface area contributed by atoms with E-state index >= 15 is 0 Å². The van der Waals surface area contributed by atoms with Gasteiger partial charge in [0.1, 0.15) is 5.78 Å². The predicted octanol–water partition coefficient (Wildman–Crippen LogP) is 1.38. The van der Waals surface area contributed by atoms with Gasteiger partial charge in [-0.2, -0.15) is 0 Å². The summed E-state index contributed by atoms with van der Waals surface area (Å²) in [7, 11) is 0. The zero-order valence-electron chi connectivity index (χ0n) is 7.91. The molecule has 0 fully saturated rings. The van der Waals surface area contributed by atoms with Crippen LogP contribution in [0.4, 0.5) is 0 Å². The highest BCUT2D eigenvalue weighted by atomic mass is 16.1. The fraction of sp³-hybridized carbons (Fsp3) is 0.800. The van der Waals surface area contributed by atoms with Gasteiger partial charge in [0, 0.05) is 18.2 Å². The van der Waals surface area contributed by atoms with Crippen molar-refractivity contribution in [1.82, 2.24) is 0 Å². The van der Waals surface area contributed by atoms with Gasteiger partial charge in [0.05, 0.1) is 0 Å². The van der Waals surface area contributed by atoms with Gasteiger partial charge in [-0.25, -0.2) is 0 Å². The first kappa shape index (κ1) is 1.65. The second kappa shape index (κ2) is 2.88. The van der Waals surface area contributed by atoms with Crippen LogP contribution in [0.15, 0.2) is 0 Å². The Morgan fingerprint density at radius 3 is 2.00 bits per heavy atom. The number of carbonyl (C=O) groups is 1. The molecule has 0 bridgehead atoms. The molecule has 0 heterocycles. The molecule has 1 nitrogen and oxygen atoms in total. The molecule has 0 saturated carbocycles. The number of ketones is 1. The Morgan fingerprint density at radius 1 is 1.67 bits per heavy atom. The van der Waals surface area contributed by atoms with Crippen LogP contribution >= 0.6 is 0 Å². The van der Waals surface area contributed by atoms with Crippen molar-refractivity contribution in [3.8, 4) is 0 Å². The molecule has 0 aliphatic heterocycles. The lowest BCUT2D eigenvalue weighted by Crippen LogP contribution is -1.88. The molecule has 0 N–H and O–H groups in total. The Morgan fingerprint density at radius 2 is 2.00 bits per heavy atom. The van der Waals surface area contributed by atoms with Gasteiger partial charge in [-0.05, 0) is 0 Å². The van der Waals surface area contributed by atoms with Crippen molar-refractivity contribution in [3.63, 3.8) is 0 Å². The fourth-order valence-corrected chi connectivity index (χ4v) is 0.125. The average molecular weight is 90.2 g/mol. The largest absolute Gasteiger partial charge is 0.300 e. The molecule has 1 heteroatoms. The Hall–Kier alpha value is -0.330. The maximum absolute atomic E-state index is 10.7. The zero-order valence-corrected chi connectivity index (χ0v) is 3.91. The van der Waals surface area contributed by atoms with Crippen molar-refractivity contribution in [3.05, 3.63) is 0 Å². The molecule has 0 saturated heterocycles. The van der Waals surface area contributed by atoms with E-state index in [2.05, 4.69) is 0 Å². The van der Waals surface area contributed by atoms with Gasteiger partial charge in [0.2, 0.25) is 0 Å². The Labute approximate surface area is 44.0 Å². The first-order valence-electron chi connectivity index (χ1n) is 3.70. The van der Waals surface area contributed by atoms with Crippen molar-refractivity contribution in [2.24, 2.45) is 0 Å². The number of hydrogen-bond donors (Lipinski definition) is 0. The van der Waals surface area contributed by atoms with Crippen LogP contribution in [0, 0.1) is 0 Å². The van der Waals surface area contributed by atoms with Gasteiger partial charge < -0.3 is 0 Å². The first-order valence-corrected chi connectivity index (χ1v) is 1.70. The summed E-state index contributed by atoms with van der Waals surface area (Å²) in [5.41, 5.74) is 0. The Bertz CT molecular complexity index is 125. The lowest BCUT2D eigenvalue weighted by Gasteiger charge is -1.81. The molecular weight excluding hydrogens is 76.1 g/mol. The summed E-state index contributed by atoms with van der Waals surface area (Å²) in [6.07, 6.45) is -4.14. The second-order valence-corrected chi connectivity index (χ2v) is 0.829. The first-order chi connectivity index (χ1) is 4.15. The number of rotatable bonds is 2. The van der Waals surface area contributed by atoms with Gasteiger partial charge >= 0.3 is 0 Å². The highest BCUT2D eigenvalue weighted by Gasteiger charge is 1.86. The van der Waals surface area contributed by atoms with E-state index in [4.69, 9.17) is 5.48 Å². The summed E-state index contributed by atoms with van der Waals surface area (Å²) < 4.78 is 27.5. The molecule has 0 aromatic heterocycles. The predicted molar refractivity (Wildman–Crippen MR) is 25.6 cm³/mol. The van der Waals surface area contributed by atoms with Crippen molar-refractivity contribution in [2.75, 3.05) is 0 Å². The normalized spacial score (nSPS) is 23.0. The van der Waals surface area contributed by atoms with Gasteiger partial charge in [0.15, 0.2) is 0 Å². The van der Waals surface area contributed by atoms with E-state index < -0.39 is 18.5 Å². The molecule has 0 aliphatic rings. The molecule has 0 spiro atoms. The summed E-state index contributed by atoms with van der Waals surface area (Å²) in [5.74, 6) is -1.01. The smallest absolute Gasteiger partial charge is 0.132 e. The lowest BCUT2D eigenvalue weighted by atomic mass is 10.3. The minimum Gasteiger partial charge on any atom is -0.300 e. The monoisotopic (exact) mass is 90.1 g/mol. The number of carbonyl (C=O) groups excluding carboxylic acids is 1. The number of Topliss-reactive ketones (excluding diaryl/α,β-unsaturated/α-hetero) is 1. The molecule has 0 rings (SSSR count). The van der Waals surface area contributed by atoms with Crippen LogP contribution in [0.1, 0.15) is 32.1 Å². The summed E-state index contributed by atoms with van der Waals surface area (Å²) in [5, 5.41) is 0. The summed E-state index contributed by atoms with van der Waals surface area (Å²) in [4.78, 5) is 10.7. The van der Waals surface area contributed by atoms with Gasteiger partial charge in [-0.3, -0.25) is 4.79 Å². The van der Waals surface area contributed by atoms with Crippen LogP contribution in [0.5, 0.6) is 0 Å². The van der Waals surface area contributed by atoms with Crippen LogP contribution in [0.3, 0.4) is 0 Å². The third kappa shape index (κ3) is 1.94. The molecule has 0 unspecified atom stereocenters. The molecule has 0 atom stereocenters. The Kier molecular flexibility index (Phi) is 0.791. The standard InChI is InChI=1S/C5H10O/c1-3-5(6)4-2/h3-4H2,1-2H3/i3D2,4D2. The highest BCUT2D eigenvalue weighted by molar-refractivity contribution is 5.77. The molecule has 0 radical (unpaired) electrons. The highest BCUT2D eigenvalue weighted by Crippen LogP contribution is 1.82. The van der Waals surface area contributed by atoms with Crippen LogP contribution in [0.2, 0.25) is 0 Å². The Balaban J connectivity index is 4.40. The van der Waals surface area contributed by atoms with E-state index in [-0.39, 0.29) is 0 Å². The summed E-state index contributed by atoms with van der Waals surface area (Å²) in [6, 6.07) is 0. The molecule has 0 amide bonds. The topological polar surface area (TPSA) is 17.1 Å². The van der Waals surface area contributed by atoms with E-state index in [9.17, 15) is 4.79 Å². The fourth-order valence-electron chi connectivity index (χ4n) is 0.125. The third-order valence-electron chi connectivity index (χ3n) is 0.454. The molecule has 0 aromatic carbocycles. The van der Waals surface area contributed by atoms with Crippen LogP contribution in [-0.2, 0) is 4.79 Å². The van der Waals surface area contributed by atoms with E-state index in [0.717, 1.165) is 13.8 Å². The minimum absolute atomic E-state index is 1.01. The van der Waals surface area contributed by atoms with E-state index in [0.29, 0.717) is 0 Å². The van der Waals surface area contributed by atoms with Crippen molar-refractivity contribution < 1.29 is 10.3 Å². The maximum atomic E-state index is 10.7. The summed E-state index contributed by atoms with van der Waals surface area (Å²) >= 11 is 0. The summed E-state index contributed by atoms with van der Waals surface area (Å²) in [6.45, 7) is 2.10. The van der Waals surface area contributed by atoms with Crippen LogP contribution < -0.4 is 0 Å². The maximum Gasteiger partial charge on any atom is 0.132 e. The van der Waals surface area contributed by atoms with E-state index in [1.165, 1.54) is 0 Å². The van der Waals surface area contributed by atoms with E-state index in [1.807, 2.05) is 0 Å². The van der Waals surface area contributed by atoms with Crippen LogP contribution in [-0.4, -0.2) is 5.78 Å². The molecule has 6 heavy (non-hydrogen) atoms. The SMILES string of the molecule is [2H]C([2H])(C)C(=O)C([2H])([2H])C. The molecule has 36 valence electrons. The molecule has 0 aliphatic carbocycles. The third-order valence-corrected chi connectivity index (χ3v) is 0.454. The average Bonchev–Trinajstić information content (AvgIpc) is 1.59. The van der Waals surface area contributed by atoms with Crippen LogP contribution in [0.25, 0.3) is 0 Å². The molecule has 0 aromatic rings. The second-order valence-electron chi connectivity index (χ2n) is 0.829. The lowest BCUT2D eigenvalue weighted by molar-refractivity contribution is -0.118. The van der Waals surface area contributed by atoms with Crippen molar-refractivity contribution in [1.29, 1.82) is 0 Å². The van der Waals surface area contributed by atoms with Gasteiger partial charge in [-0.15, -0.1) is 0 Å². The minimum atomic E-state index is -2.07. The van der Waals surface area contributed by atoms with E-state index in [1.54, 1.807) is 0 Å². The number of hydrogen-bond acceptors (Lipinski definition) is 1. The zero-order chi connectivity index (χ0) is 8.58. The quantitative estimate of drug-likeness (QED) is 0.500. The molecular formula is C5H10O. The van der Waals surface area contributed by atoms with Gasteiger partial charge in [0.25, 0.3) is 0 Å². The van der Waals surface area contributed by atoms with Gasteiger partial charge in [-0.1, -0.05) is 13.8 Å². The van der Waals surface area contributed by atoms with Crippen molar-refractivity contribution >= 4 is 5.78 Å².